The van der Waals surface area contributed by atoms with Crippen LogP contribution in [0.1, 0.15) is 109 Å². The fourth-order valence-corrected chi connectivity index (χ4v) is 3.63. The number of unbranched alkanes of at least 4 members (excludes halogenated alkanes) is 15. The van der Waals surface area contributed by atoms with E-state index in [-0.39, 0.29) is 0 Å². The molecule has 2 nitrogen and oxygen atoms in total. The van der Waals surface area contributed by atoms with E-state index in [2.05, 4.69) is 24.3 Å². The van der Waals surface area contributed by atoms with Crippen molar-refractivity contribution in [3.05, 3.63) is 0 Å². The first-order valence-corrected chi connectivity index (χ1v) is 12.2. The van der Waals surface area contributed by atoms with E-state index in [4.69, 9.17) is 11.6 Å². The van der Waals surface area contributed by atoms with Gasteiger partial charge in [-0.2, -0.15) is 0 Å². The van der Waals surface area contributed by atoms with Gasteiger partial charge in [-0.25, -0.2) is 0 Å². The zero-order valence-electron chi connectivity index (χ0n) is 18.2. The predicted molar refractivity (Wildman–Crippen MR) is 121 cm³/mol. The molecule has 0 aromatic rings. The van der Waals surface area contributed by atoms with Crippen LogP contribution in [0.4, 0.5) is 0 Å². The summed E-state index contributed by atoms with van der Waals surface area (Å²) >= 11 is 5.67. The summed E-state index contributed by atoms with van der Waals surface area (Å²) in [6.45, 7) is 3.63. The average Bonchev–Trinajstić information content (AvgIpc) is 2.62. The van der Waals surface area contributed by atoms with Gasteiger partial charge in [0.15, 0.2) is 0 Å². The van der Waals surface area contributed by atoms with E-state index < -0.39 is 0 Å². The van der Waals surface area contributed by atoms with Gasteiger partial charge in [-0.3, -0.25) is 0 Å². The first-order chi connectivity index (χ1) is 12.8. The van der Waals surface area contributed by atoms with E-state index in [1.807, 2.05) is 0 Å². The molecule has 0 saturated carbocycles. The molecule has 3 heteroatoms. The highest BCUT2D eigenvalue weighted by Crippen LogP contribution is 2.13. The maximum absolute atomic E-state index is 5.67. The number of rotatable bonds is 22. The minimum Gasteiger partial charge on any atom is -0.317 e. The van der Waals surface area contributed by atoms with Crippen LogP contribution in [-0.4, -0.2) is 44.5 Å². The lowest BCUT2D eigenvalue weighted by Crippen LogP contribution is -2.16. The molecule has 0 aliphatic carbocycles. The third kappa shape index (κ3) is 24.2. The highest BCUT2D eigenvalue weighted by molar-refractivity contribution is 6.17. The van der Waals surface area contributed by atoms with Gasteiger partial charge in [0.1, 0.15) is 0 Å². The van der Waals surface area contributed by atoms with Gasteiger partial charge in [-0.05, 0) is 59.4 Å². The summed E-state index contributed by atoms with van der Waals surface area (Å²) in [4.78, 5) is 2.29. The number of hydrogen-bond donors (Lipinski definition) is 1. The number of hydrogen-bond acceptors (Lipinski definition) is 2. The summed E-state index contributed by atoms with van der Waals surface area (Å²) < 4.78 is 0. The van der Waals surface area contributed by atoms with Crippen LogP contribution in [0.15, 0.2) is 0 Å². The van der Waals surface area contributed by atoms with Crippen molar-refractivity contribution in [1.82, 2.24) is 10.2 Å². The van der Waals surface area contributed by atoms with Crippen molar-refractivity contribution in [1.29, 1.82) is 0 Å². The molecule has 1 N–H and O–H groups in total. The Morgan fingerprint density at radius 2 is 0.846 bits per heavy atom. The molecule has 0 spiro atoms. The molecule has 0 aromatic heterocycles. The molecular formula is C23H49ClN2. The Morgan fingerprint density at radius 3 is 1.23 bits per heavy atom. The van der Waals surface area contributed by atoms with Gasteiger partial charge in [0.05, 0.1) is 0 Å². The zero-order valence-corrected chi connectivity index (χ0v) is 18.9. The summed E-state index contributed by atoms with van der Waals surface area (Å²) in [6, 6.07) is 0. The Balaban J connectivity index is 2.97. The monoisotopic (exact) mass is 388 g/mol. The van der Waals surface area contributed by atoms with Crippen LogP contribution in [0.5, 0.6) is 0 Å². The summed E-state index contributed by atoms with van der Waals surface area (Å²) in [7, 11) is 4.34. The van der Waals surface area contributed by atoms with Crippen LogP contribution < -0.4 is 5.32 Å². The molecule has 0 aliphatic heterocycles. The Hall–Kier alpha value is 0.210. The quantitative estimate of drug-likeness (QED) is 0.158. The SMILES string of the molecule is CN(C)CCCCCCCCCCCCCCCCNCCCCCCl. The molecule has 0 fully saturated rings. The number of alkyl halides is 1. The van der Waals surface area contributed by atoms with Gasteiger partial charge >= 0.3 is 0 Å². The van der Waals surface area contributed by atoms with Crippen molar-refractivity contribution in [2.24, 2.45) is 0 Å². The van der Waals surface area contributed by atoms with Crippen LogP contribution in [0.3, 0.4) is 0 Å². The lowest BCUT2D eigenvalue weighted by Gasteiger charge is -2.08. The van der Waals surface area contributed by atoms with Crippen molar-refractivity contribution in [2.75, 3.05) is 39.6 Å². The number of nitrogens with one attached hydrogen (secondary N) is 1. The van der Waals surface area contributed by atoms with E-state index in [0.717, 1.165) is 5.88 Å². The van der Waals surface area contributed by atoms with Crippen molar-refractivity contribution >= 4 is 11.6 Å². The van der Waals surface area contributed by atoms with Crippen LogP contribution in [0.2, 0.25) is 0 Å². The lowest BCUT2D eigenvalue weighted by molar-refractivity contribution is 0.389. The molecular weight excluding hydrogens is 340 g/mol. The molecule has 0 amide bonds. The largest absolute Gasteiger partial charge is 0.317 e. The third-order valence-corrected chi connectivity index (χ3v) is 5.46. The van der Waals surface area contributed by atoms with Crippen LogP contribution in [0, 0.1) is 0 Å². The second-order valence-corrected chi connectivity index (χ2v) is 8.63. The molecule has 0 unspecified atom stereocenters. The summed E-state index contributed by atoms with van der Waals surface area (Å²) in [5, 5.41) is 3.55. The average molecular weight is 389 g/mol. The van der Waals surface area contributed by atoms with Crippen molar-refractivity contribution in [3.8, 4) is 0 Å². The topological polar surface area (TPSA) is 15.3 Å². The lowest BCUT2D eigenvalue weighted by atomic mass is 10.0. The molecule has 0 aliphatic rings. The standard InChI is InChI=1S/C23H49ClN2/c1-26(2)23-19-14-12-10-8-6-4-3-5-7-9-11-13-17-21-25-22-18-15-16-20-24/h25H,3-23H2,1-2H3. The first-order valence-electron chi connectivity index (χ1n) is 11.7. The molecule has 0 atom stereocenters. The fourth-order valence-electron chi connectivity index (χ4n) is 3.45. The number of nitrogens with zero attached hydrogens (tertiary/aromatic N) is 1. The van der Waals surface area contributed by atoms with Crippen molar-refractivity contribution < 1.29 is 0 Å². The predicted octanol–water partition coefficient (Wildman–Crippen LogP) is 7.01. The Labute approximate surface area is 170 Å². The maximum atomic E-state index is 5.67. The van der Waals surface area contributed by atoms with Gasteiger partial charge in [-0.15, -0.1) is 11.6 Å². The van der Waals surface area contributed by atoms with Gasteiger partial charge < -0.3 is 10.2 Å². The third-order valence-electron chi connectivity index (χ3n) is 5.20. The highest BCUT2D eigenvalue weighted by atomic mass is 35.5. The molecule has 0 bridgehead atoms. The van der Waals surface area contributed by atoms with Gasteiger partial charge in [0.2, 0.25) is 0 Å². The first kappa shape index (κ1) is 26.2. The van der Waals surface area contributed by atoms with Crippen LogP contribution in [-0.2, 0) is 0 Å². The van der Waals surface area contributed by atoms with Crippen molar-refractivity contribution in [3.63, 3.8) is 0 Å². The highest BCUT2D eigenvalue weighted by Gasteiger charge is 1.95. The molecule has 0 aromatic carbocycles. The van der Waals surface area contributed by atoms with Crippen LogP contribution in [0.25, 0.3) is 0 Å². The number of halogens is 1. The second-order valence-electron chi connectivity index (χ2n) is 8.25. The Bertz CT molecular complexity index is 246. The smallest absolute Gasteiger partial charge is 0.0223 e. The van der Waals surface area contributed by atoms with E-state index >= 15 is 0 Å². The zero-order chi connectivity index (χ0) is 19.1. The Morgan fingerprint density at radius 1 is 0.500 bits per heavy atom. The minimum atomic E-state index is 0.817. The van der Waals surface area contributed by atoms with E-state index in [9.17, 15) is 0 Å². The van der Waals surface area contributed by atoms with Crippen molar-refractivity contribution in [2.45, 2.75) is 109 Å². The van der Waals surface area contributed by atoms with E-state index in [0.29, 0.717) is 0 Å². The summed E-state index contributed by atoms with van der Waals surface area (Å²) in [6.07, 6.45) is 23.8. The van der Waals surface area contributed by atoms with Crippen LogP contribution >= 0.6 is 11.6 Å². The Kier molecular flexibility index (Phi) is 23.4. The van der Waals surface area contributed by atoms with Gasteiger partial charge in [0.25, 0.3) is 0 Å². The molecule has 0 rings (SSSR count). The molecule has 0 saturated heterocycles. The van der Waals surface area contributed by atoms with E-state index in [1.54, 1.807) is 0 Å². The maximum Gasteiger partial charge on any atom is 0.0223 e. The molecule has 0 heterocycles. The molecule has 26 heavy (non-hydrogen) atoms. The normalized spacial score (nSPS) is 11.5. The van der Waals surface area contributed by atoms with E-state index in [1.165, 1.54) is 129 Å². The molecule has 0 radical (unpaired) electrons. The molecule has 158 valence electrons. The summed E-state index contributed by atoms with van der Waals surface area (Å²) in [5.41, 5.74) is 0. The minimum absolute atomic E-state index is 0.817. The second kappa shape index (κ2) is 23.2. The van der Waals surface area contributed by atoms with Gasteiger partial charge in [-0.1, -0.05) is 83.5 Å². The summed E-state index contributed by atoms with van der Waals surface area (Å²) in [5.74, 6) is 0.817. The fraction of sp³-hybridized carbons (Fsp3) is 1.00. The van der Waals surface area contributed by atoms with Gasteiger partial charge in [0, 0.05) is 5.88 Å².